The summed E-state index contributed by atoms with van der Waals surface area (Å²) in [6, 6.07) is 7.26. The second-order valence-corrected chi connectivity index (χ2v) is 7.97. The molecule has 0 atom stereocenters. The quantitative estimate of drug-likeness (QED) is 0.683. The molecule has 0 spiro atoms. The van der Waals surface area contributed by atoms with Crippen LogP contribution in [0.25, 0.3) is 10.3 Å². The number of hydrogen-bond donors (Lipinski definition) is 1. The van der Waals surface area contributed by atoms with Crippen molar-refractivity contribution in [3.63, 3.8) is 0 Å². The number of rotatable bonds is 4. The number of carbonyl (C=O) groups is 1. The highest BCUT2D eigenvalue weighted by Gasteiger charge is 2.19. The molecule has 3 aromatic rings. The molecule has 3 heterocycles. The number of amides is 1. The molecule has 1 N–H and O–H groups in total. The summed E-state index contributed by atoms with van der Waals surface area (Å²) in [6.07, 6.45) is 3.67. The van der Waals surface area contributed by atoms with Crippen LogP contribution in [0.1, 0.15) is 12.8 Å². The number of hydrogen-bond acceptors (Lipinski definition) is 6. The molecule has 1 amide bonds. The van der Waals surface area contributed by atoms with Crippen LogP contribution < -0.4 is 15.8 Å². The van der Waals surface area contributed by atoms with Crippen LogP contribution in [0.3, 0.4) is 0 Å². The van der Waals surface area contributed by atoms with Gasteiger partial charge in [0.25, 0.3) is 5.56 Å². The summed E-state index contributed by atoms with van der Waals surface area (Å²) >= 11 is 4.70. The minimum Gasteiger partial charge on any atom is -0.348 e. The monoisotopic (exact) mass is 433 g/mol. The number of carbonyl (C=O) groups excluding carboxylic acids is 1. The molecule has 0 unspecified atom stereocenters. The zero-order valence-electron chi connectivity index (χ0n) is 13.8. The molecule has 1 saturated heterocycles. The molecule has 2 aromatic heterocycles. The highest BCUT2D eigenvalue weighted by molar-refractivity contribution is 9.10. The Kier molecular flexibility index (Phi) is 4.73. The van der Waals surface area contributed by atoms with E-state index in [4.69, 9.17) is 0 Å². The first kappa shape index (κ1) is 17.2. The Morgan fingerprint density at radius 1 is 1.23 bits per heavy atom. The maximum absolute atomic E-state index is 12.7. The molecule has 1 aromatic carbocycles. The third-order valence-electron chi connectivity index (χ3n) is 4.19. The number of halogens is 1. The maximum atomic E-state index is 12.7. The fourth-order valence-electron chi connectivity index (χ4n) is 2.88. The topological polar surface area (TPSA) is 80.1 Å². The Bertz CT molecular complexity index is 1010. The molecule has 1 fully saturated rings. The Balaban J connectivity index is 1.54. The van der Waals surface area contributed by atoms with E-state index in [1.807, 2.05) is 12.1 Å². The highest BCUT2D eigenvalue weighted by Crippen LogP contribution is 2.27. The lowest BCUT2D eigenvalue weighted by Gasteiger charge is -2.11. The van der Waals surface area contributed by atoms with E-state index in [2.05, 4.69) is 36.1 Å². The number of nitrogens with zero attached hydrogens (tertiary/aromatic N) is 4. The van der Waals surface area contributed by atoms with E-state index < -0.39 is 0 Å². The van der Waals surface area contributed by atoms with Crippen LogP contribution in [-0.4, -0.2) is 33.5 Å². The van der Waals surface area contributed by atoms with Gasteiger partial charge in [0, 0.05) is 23.2 Å². The minimum atomic E-state index is -0.278. The molecule has 0 aliphatic carbocycles. The number of anilines is 2. The number of fused-ring (bicyclic) bond motifs is 1. The minimum absolute atomic E-state index is 0.0885. The molecule has 0 saturated carbocycles. The number of benzene rings is 1. The second-order valence-electron chi connectivity index (χ2n) is 6.08. The predicted molar refractivity (Wildman–Crippen MR) is 106 cm³/mol. The van der Waals surface area contributed by atoms with E-state index >= 15 is 0 Å². The fraction of sp³-hybridized carbons (Fsp3) is 0.294. The van der Waals surface area contributed by atoms with Crippen molar-refractivity contribution in [2.24, 2.45) is 0 Å². The van der Waals surface area contributed by atoms with Crippen LogP contribution in [0.15, 0.2) is 39.9 Å². The van der Waals surface area contributed by atoms with E-state index in [-0.39, 0.29) is 18.0 Å². The molecule has 1 aliphatic rings. The largest absolute Gasteiger partial charge is 0.348 e. The highest BCUT2D eigenvalue weighted by atomic mass is 79.9. The maximum Gasteiger partial charge on any atom is 0.273 e. The summed E-state index contributed by atoms with van der Waals surface area (Å²) in [5, 5.41) is 3.61. The summed E-state index contributed by atoms with van der Waals surface area (Å²) in [5.41, 5.74) is 0.893. The molecule has 9 heteroatoms. The molecular formula is C17H16BrN5O2S. The van der Waals surface area contributed by atoms with Gasteiger partial charge in [0.15, 0.2) is 10.8 Å². The van der Waals surface area contributed by atoms with Gasteiger partial charge in [-0.05, 0) is 37.1 Å². The van der Waals surface area contributed by atoms with Crippen LogP contribution in [-0.2, 0) is 11.3 Å². The van der Waals surface area contributed by atoms with Crippen molar-refractivity contribution in [1.82, 2.24) is 14.5 Å². The van der Waals surface area contributed by atoms with Crippen LogP contribution in [0.2, 0.25) is 0 Å². The van der Waals surface area contributed by atoms with Gasteiger partial charge >= 0.3 is 0 Å². The molecule has 4 rings (SSSR count). The summed E-state index contributed by atoms with van der Waals surface area (Å²) in [7, 11) is 0. The summed E-state index contributed by atoms with van der Waals surface area (Å²) in [4.78, 5) is 35.8. The first-order valence-corrected chi connectivity index (χ1v) is 9.87. The van der Waals surface area contributed by atoms with E-state index in [1.54, 1.807) is 12.1 Å². The third-order valence-corrected chi connectivity index (χ3v) is 5.81. The lowest BCUT2D eigenvalue weighted by molar-refractivity contribution is -0.116. The molecule has 7 nitrogen and oxygen atoms in total. The Morgan fingerprint density at radius 3 is 2.69 bits per heavy atom. The fourth-order valence-corrected chi connectivity index (χ4v) is 4.16. The van der Waals surface area contributed by atoms with E-state index in [9.17, 15) is 9.59 Å². The van der Waals surface area contributed by atoms with Gasteiger partial charge in [-0.25, -0.2) is 4.98 Å². The summed E-state index contributed by atoms with van der Waals surface area (Å²) in [5.74, 6) is -0.278. The van der Waals surface area contributed by atoms with Crippen molar-refractivity contribution < 1.29 is 4.79 Å². The van der Waals surface area contributed by atoms with Gasteiger partial charge in [0.1, 0.15) is 17.6 Å². The first-order chi connectivity index (χ1) is 12.6. The van der Waals surface area contributed by atoms with Gasteiger partial charge in [-0.2, -0.15) is 4.98 Å². The Morgan fingerprint density at radius 2 is 1.96 bits per heavy atom. The normalized spacial score (nSPS) is 14.1. The third kappa shape index (κ3) is 3.49. The average molecular weight is 434 g/mol. The van der Waals surface area contributed by atoms with Crippen molar-refractivity contribution in [1.29, 1.82) is 0 Å². The Labute approximate surface area is 161 Å². The van der Waals surface area contributed by atoms with Crippen LogP contribution in [0.5, 0.6) is 0 Å². The van der Waals surface area contributed by atoms with Gasteiger partial charge in [-0.1, -0.05) is 27.3 Å². The van der Waals surface area contributed by atoms with E-state index in [0.29, 0.717) is 16.0 Å². The van der Waals surface area contributed by atoms with Gasteiger partial charge in [0.2, 0.25) is 5.91 Å². The summed E-state index contributed by atoms with van der Waals surface area (Å²) < 4.78 is 2.74. The lowest BCUT2D eigenvalue weighted by Crippen LogP contribution is -2.27. The van der Waals surface area contributed by atoms with Crippen molar-refractivity contribution in [2.75, 3.05) is 23.3 Å². The zero-order chi connectivity index (χ0) is 18.1. The smallest absolute Gasteiger partial charge is 0.273 e. The Hall–Kier alpha value is -2.26. The van der Waals surface area contributed by atoms with Crippen LogP contribution in [0, 0.1) is 0 Å². The zero-order valence-corrected chi connectivity index (χ0v) is 16.2. The van der Waals surface area contributed by atoms with Gasteiger partial charge in [0.05, 0.1) is 0 Å². The van der Waals surface area contributed by atoms with Crippen LogP contribution >= 0.6 is 27.3 Å². The van der Waals surface area contributed by atoms with E-state index in [1.165, 1.54) is 22.2 Å². The molecule has 26 heavy (non-hydrogen) atoms. The average Bonchev–Trinajstić information content (AvgIpc) is 3.29. The standard InChI is InChI=1S/C17H16BrN5O2S/c18-11-3-5-12(6-4-11)20-13(24)9-23-10-19-15-14(16(23)25)26-17(21-15)22-7-1-2-8-22/h3-6,10H,1-2,7-9H2,(H,20,24). The molecule has 134 valence electrons. The van der Waals surface area contributed by atoms with Gasteiger partial charge < -0.3 is 10.2 Å². The predicted octanol–water partition coefficient (Wildman–Crippen LogP) is 2.85. The molecule has 0 bridgehead atoms. The van der Waals surface area contributed by atoms with Crippen LogP contribution in [0.4, 0.5) is 10.8 Å². The first-order valence-electron chi connectivity index (χ1n) is 8.26. The number of aromatic nitrogens is 3. The van der Waals surface area contributed by atoms with E-state index in [0.717, 1.165) is 35.5 Å². The number of nitrogens with one attached hydrogen (secondary N) is 1. The SMILES string of the molecule is O=C(Cn1cnc2nc(N3CCCC3)sc2c1=O)Nc1ccc(Br)cc1. The van der Waals surface area contributed by atoms with Gasteiger partial charge in [-0.15, -0.1) is 0 Å². The van der Waals surface area contributed by atoms with Crippen molar-refractivity contribution >= 4 is 54.3 Å². The number of thiazole rings is 1. The molecular weight excluding hydrogens is 418 g/mol. The van der Waals surface area contributed by atoms with Crippen molar-refractivity contribution in [3.8, 4) is 0 Å². The van der Waals surface area contributed by atoms with Gasteiger partial charge in [-0.3, -0.25) is 14.2 Å². The molecule has 0 radical (unpaired) electrons. The lowest BCUT2D eigenvalue weighted by atomic mass is 10.3. The van der Waals surface area contributed by atoms with Crippen molar-refractivity contribution in [2.45, 2.75) is 19.4 Å². The summed E-state index contributed by atoms with van der Waals surface area (Å²) in [6.45, 7) is 1.84. The van der Waals surface area contributed by atoms with Crippen molar-refractivity contribution in [3.05, 3.63) is 45.4 Å². The second kappa shape index (κ2) is 7.16. The molecule has 1 aliphatic heterocycles.